The molecule has 6 heterocycles. The first kappa shape index (κ1) is 44.4. The molecule has 0 radical (unpaired) electrons. The number of nitrogens with one attached hydrogen (secondary N) is 2. The maximum Gasteiger partial charge on any atom is 0.416 e. The molecule has 1 unspecified atom stereocenters. The number of amides is 2. The van der Waals surface area contributed by atoms with E-state index in [1.54, 1.807) is 11.0 Å². The fourth-order valence-corrected chi connectivity index (χ4v) is 12.0. The van der Waals surface area contributed by atoms with Crippen molar-refractivity contribution in [3.63, 3.8) is 0 Å². The third-order valence-electron chi connectivity index (χ3n) is 14.1. The molecule has 23 heteroatoms. The van der Waals surface area contributed by atoms with Gasteiger partial charge in [-0.1, -0.05) is 36.4 Å². The minimum Gasteiger partial charge on any atom is -0.335 e. The summed E-state index contributed by atoms with van der Waals surface area (Å²) in [6.07, 6.45) is -5.65. The number of rotatable bonds is 9. The SMILES string of the molecule is N#Cc1ccc2nnc(C(=O)N3C[C@]4(N)C[C@H](c5ccccc5C(F)(F)F)C[C@]4(NCNS(=O)(=O)c4ccc5nnc(C(=O)N6C[C@H]7CC(c8ccccc8C(F)(F)F)C[C@H]7C6)n5c4)C3)n2c1. The number of sulfonamides is 1. The van der Waals surface area contributed by atoms with E-state index in [-0.39, 0.29) is 95.7 Å². The Kier molecular flexibility index (Phi) is 10.5. The number of likely N-dealkylation sites (tertiary alicyclic amines) is 2. The summed E-state index contributed by atoms with van der Waals surface area (Å²) >= 11 is 0. The smallest absolute Gasteiger partial charge is 0.335 e. The monoisotopic (exact) mass is 946 g/mol. The van der Waals surface area contributed by atoms with E-state index in [4.69, 9.17) is 5.73 Å². The first-order chi connectivity index (χ1) is 31.8. The quantitative estimate of drug-likeness (QED) is 0.131. The van der Waals surface area contributed by atoms with Crippen LogP contribution in [0.3, 0.4) is 0 Å². The molecule has 4 fully saturated rings. The Morgan fingerprint density at radius 1 is 0.731 bits per heavy atom. The predicted octanol–water partition coefficient (Wildman–Crippen LogP) is 4.94. The minimum atomic E-state index is -4.67. The van der Waals surface area contributed by atoms with E-state index in [1.165, 1.54) is 80.7 Å². The van der Waals surface area contributed by atoms with E-state index in [0.29, 0.717) is 18.5 Å². The van der Waals surface area contributed by atoms with Crippen molar-refractivity contribution in [1.82, 2.24) is 49.0 Å². The Labute approximate surface area is 377 Å². The third-order valence-corrected chi connectivity index (χ3v) is 15.5. The van der Waals surface area contributed by atoms with Crippen LogP contribution in [-0.4, -0.2) is 103 Å². The molecule has 2 saturated heterocycles. The predicted molar refractivity (Wildman–Crippen MR) is 224 cm³/mol. The fourth-order valence-electron chi connectivity index (χ4n) is 11.0. The van der Waals surface area contributed by atoms with E-state index >= 15 is 0 Å². The van der Waals surface area contributed by atoms with E-state index in [1.807, 2.05) is 6.07 Å². The van der Waals surface area contributed by atoms with E-state index in [9.17, 15) is 49.6 Å². The first-order valence-electron chi connectivity index (χ1n) is 21.3. The van der Waals surface area contributed by atoms with Crippen molar-refractivity contribution in [3.8, 4) is 6.07 Å². The lowest BCUT2D eigenvalue weighted by Crippen LogP contribution is -2.65. The molecule has 2 aliphatic carbocycles. The van der Waals surface area contributed by atoms with Crippen molar-refractivity contribution >= 4 is 33.1 Å². The third kappa shape index (κ3) is 7.64. The van der Waals surface area contributed by atoms with Crippen molar-refractivity contribution in [2.45, 2.75) is 65.8 Å². The van der Waals surface area contributed by atoms with Crippen LogP contribution < -0.4 is 15.8 Å². The highest BCUT2D eigenvalue weighted by atomic mass is 32.2. The molecule has 4 N–H and O–H groups in total. The second kappa shape index (κ2) is 15.8. The van der Waals surface area contributed by atoms with Crippen LogP contribution in [-0.2, 0) is 22.4 Å². The summed E-state index contributed by atoms with van der Waals surface area (Å²) in [5.41, 5.74) is 3.89. The van der Waals surface area contributed by atoms with Crippen LogP contribution in [0, 0.1) is 23.2 Å². The van der Waals surface area contributed by atoms with Crippen molar-refractivity contribution in [2.24, 2.45) is 17.6 Å². The van der Waals surface area contributed by atoms with Gasteiger partial charge in [0.05, 0.1) is 39.3 Å². The number of benzene rings is 2. The average molecular weight is 947 g/mol. The zero-order chi connectivity index (χ0) is 47.3. The van der Waals surface area contributed by atoms with E-state index < -0.39 is 69.0 Å². The van der Waals surface area contributed by atoms with Crippen LogP contribution in [0.25, 0.3) is 11.3 Å². The number of carbonyl (C=O) groups is 2. The molecule has 0 spiro atoms. The molecular weight excluding hydrogens is 907 g/mol. The van der Waals surface area contributed by atoms with Gasteiger partial charge < -0.3 is 15.5 Å². The zero-order valence-electron chi connectivity index (χ0n) is 35.2. The number of fused-ring (bicyclic) bond motifs is 4. The molecule has 6 atom stereocenters. The molecule has 4 aliphatic rings. The summed E-state index contributed by atoms with van der Waals surface area (Å²) in [5, 5.41) is 28.8. The number of hydrogen-bond donors (Lipinski definition) is 3. The summed E-state index contributed by atoms with van der Waals surface area (Å²) in [5.74, 6) is -2.58. The van der Waals surface area contributed by atoms with Gasteiger partial charge in [0.1, 0.15) is 6.07 Å². The number of carbonyl (C=O) groups excluding carboxylic acids is 2. The molecule has 2 saturated carbocycles. The number of halogens is 6. The molecule has 0 bridgehead atoms. The Hall–Kier alpha value is -6.48. The Bertz CT molecular complexity index is 3120. The van der Waals surface area contributed by atoms with Crippen molar-refractivity contribution in [1.29, 1.82) is 5.26 Å². The molecule has 2 aliphatic heterocycles. The number of nitrogens with zero attached hydrogens (tertiary/aromatic N) is 9. The molecular formula is C44H40F6N12O4S. The number of aromatic nitrogens is 6. The summed E-state index contributed by atoms with van der Waals surface area (Å²) in [7, 11) is -4.39. The van der Waals surface area contributed by atoms with Gasteiger partial charge in [-0.3, -0.25) is 23.7 Å². The second-order valence-electron chi connectivity index (χ2n) is 18.0. The van der Waals surface area contributed by atoms with Gasteiger partial charge >= 0.3 is 12.4 Å². The van der Waals surface area contributed by atoms with Crippen LogP contribution >= 0.6 is 0 Å². The zero-order valence-corrected chi connectivity index (χ0v) is 36.0. The number of hydrogen-bond acceptors (Lipinski definition) is 11. The Morgan fingerprint density at radius 3 is 1.88 bits per heavy atom. The number of pyridine rings is 2. The summed E-state index contributed by atoms with van der Waals surface area (Å²) in [4.78, 5) is 30.7. The van der Waals surface area contributed by atoms with Gasteiger partial charge in [0, 0.05) is 38.6 Å². The lowest BCUT2D eigenvalue weighted by molar-refractivity contribution is -0.139. The van der Waals surface area contributed by atoms with Crippen molar-refractivity contribution in [2.75, 3.05) is 32.8 Å². The lowest BCUT2D eigenvalue weighted by atomic mass is 9.84. The van der Waals surface area contributed by atoms with Crippen molar-refractivity contribution < 1.29 is 44.3 Å². The molecule has 10 rings (SSSR count). The number of nitrogens with two attached hydrogens (primary N) is 1. The highest BCUT2D eigenvalue weighted by molar-refractivity contribution is 7.89. The normalized spacial score (nSPS) is 25.2. The van der Waals surface area contributed by atoms with E-state index in [0.717, 1.165) is 12.1 Å². The minimum absolute atomic E-state index is 0.00496. The van der Waals surface area contributed by atoms with Gasteiger partial charge in [0.15, 0.2) is 11.3 Å². The maximum absolute atomic E-state index is 14.3. The summed E-state index contributed by atoms with van der Waals surface area (Å²) in [6.45, 7) is -0.216. The van der Waals surface area contributed by atoms with Crippen LogP contribution in [0.15, 0.2) is 90.1 Å². The molecule has 2 amide bonds. The highest BCUT2D eigenvalue weighted by Crippen LogP contribution is 2.53. The van der Waals surface area contributed by atoms with Gasteiger partial charge in [-0.15, -0.1) is 20.4 Å². The topological polar surface area (TPSA) is 209 Å². The molecule has 67 heavy (non-hydrogen) atoms. The lowest BCUT2D eigenvalue weighted by Gasteiger charge is -2.37. The van der Waals surface area contributed by atoms with Crippen LogP contribution in [0.1, 0.15) is 86.6 Å². The second-order valence-corrected chi connectivity index (χ2v) is 19.7. The number of alkyl halides is 6. The summed E-state index contributed by atoms with van der Waals surface area (Å²) < 4.78 is 117. The largest absolute Gasteiger partial charge is 0.416 e. The van der Waals surface area contributed by atoms with Crippen LogP contribution in [0.4, 0.5) is 26.3 Å². The maximum atomic E-state index is 14.3. The Balaban J connectivity index is 0.867. The molecule has 348 valence electrons. The Morgan fingerprint density at radius 2 is 1.28 bits per heavy atom. The van der Waals surface area contributed by atoms with Gasteiger partial charge in [-0.2, -0.15) is 36.3 Å². The molecule has 16 nitrogen and oxygen atoms in total. The molecule has 6 aromatic rings. The van der Waals surface area contributed by atoms with Gasteiger partial charge in [-0.25, -0.2) is 8.42 Å². The van der Waals surface area contributed by atoms with Crippen LogP contribution in [0.2, 0.25) is 0 Å². The molecule has 4 aromatic heterocycles. The van der Waals surface area contributed by atoms with Gasteiger partial charge in [-0.05, 0) is 96.9 Å². The highest BCUT2D eigenvalue weighted by Gasteiger charge is 2.63. The average Bonchev–Trinajstić information content (AvgIpc) is 4.14. The number of nitriles is 1. The molecule has 2 aromatic carbocycles. The van der Waals surface area contributed by atoms with Gasteiger partial charge in [0.2, 0.25) is 21.7 Å². The standard InChI is InChI=1S/C44H40F6N12O4S/c45-43(46,47)33-7-3-1-5-31(33)26-13-27-19-59(20-28(27)14-26)39(63)37-57-56-36-12-10-30(21-62(36)37)67(65,66)54-24-53-42-16-29(32-6-2-4-8-34(32)44(48,49)50)15-41(42,52)22-60(23-42)40(64)38-58-55-35-11-9-25(17-51)18-61(35)38/h1-12,18,21,26-29,53-54H,13-16,19-20,22-24,52H2/t26?,27-,28+,29-,41+,42-/m0/s1. The fraction of sp³-hybridized carbons (Fsp3) is 0.386. The van der Waals surface area contributed by atoms with Crippen LogP contribution in [0.5, 0.6) is 0 Å². The first-order valence-corrected chi connectivity index (χ1v) is 22.8. The summed E-state index contributed by atoms with van der Waals surface area (Å²) in [6, 6.07) is 18.4. The van der Waals surface area contributed by atoms with Crippen molar-refractivity contribution in [3.05, 3.63) is 125 Å². The van der Waals surface area contributed by atoms with E-state index in [2.05, 4.69) is 30.4 Å². The van der Waals surface area contributed by atoms with Gasteiger partial charge in [0.25, 0.3) is 11.8 Å².